The Morgan fingerprint density at radius 2 is 2.00 bits per heavy atom. The molecule has 4 heteroatoms. The molecular weight excluding hydrogens is 304 g/mol. The molecule has 0 heterocycles. The first-order valence-corrected chi connectivity index (χ1v) is 8.96. The zero-order valence-electron chi connectivity index (χ0n) is 15.5. The normalized spacial score (nSPS) is 43.1. The van der Waals surface area contributed by atoms with Crippen LogP contribution in [0.15, 0.2) is 23.3 Å². The summed E-state index contributed by atoms with van der Waals surface area (Å²) in [7, 11) is 0. The maximum Gasteiger partial charge on any atom is 0.328 e. The van der Waals surface area contributed by atoms with E-state index >= 15 is 0 Å². The summed E-state index contributed by atoms with van der Waals surface area (Å²) in [4.78, 5) is 10.9. The van der Waals surface area contributed by atoms with Crippen LogP contribution in [0.1, 0.15) is 60.3 Å². The Hall–Kier alpha value is -1.13. The van der Waals surface area contributed by atoms with Crippen LogP contribution in [0, 0.1) is 22.7 Å². The molecule has 4 nitrogen and oxygen atoms in total. The second-order valence-electron chi connectivity index (χ2n) is 8.52. The second kappa shape index (κ2) is 6.64. The summed E-state index contributed by atoms with van der Waals surface area (Å²) in [5.74, 6) is -0.515. The number of hydrogen-bond acceptors (Lipinski definition) is 3. The lowest BCUT2D eigenvalue weighted by Gasteiger charge is -2.60. The monoisotopic (exact) mass is 336 g/mol. The molecule has 6 atom stereocenters. The second-order valence-corrected chi connectivity index (χ2v) is 8.52. The molecule has 0 radical (unpaired) electrons. The van der Waals surface area contributed by atoms with Crippen LogP contribution in [0.4, 0.5) is 0 Å². The van der Waals surface area contributed by atoms with Gasteiger partial charge >= 0.3 is 5.97 Å². The van der Waals surface area contributed by atoms with Gasteiger partial charge in [-0.05, 0) is 62.2 Å². The molecule has 1 fully saturated rings. The number of carboxylic acids is 1. The lowest BCUT2D eigenvalue weighted by molar-refractivity contribution is -0.131. The van der Waals surface area contributed by atoms with Gasteiger partial charge in [0.2, 0.25) is 0 Å². The number of carbonyl (C=O) groups is 1. The van der Waals surface area contributed by atoms with Gasteiger partial charge in [0.25, 0.3) is 0 Å². The van der Waals surface area contributed by atoms with Crippen LogP contribution in [0.2, 0.25) is 0 Å². The molecule has 3 N–H and O–H groups in total. The number of carboxylic acid groups (broad SMARTS) is 1. The van der Waals surface area contributed by atoms with Crippen molar-refractivity contribution in [1.29, 1.82) is 0 Å². The topological polar surface area (TPSA) is 77.8 Å². The third-order valence-corrected chi connectivity index (χ3v) is 7.06. The van der Waals surface area contributed by atoms with Crippen LogP contribution < -0.4 is 0 Å². The van der Waals surface area contributed by atoms with Crippen LogP contribution in [0.3, 0.4) is 0 Å². The van der Waals surface area contributed by atoms with Crippen molar-refractivity contribution in [2.45, 2.75) is 72.5 Å². The zero-order chi connectivity index (χ0) is 18.3. The Morgan fingerprint density at radius 3 is 2.58 bits per heavy atom. The molecule has 0 spiro atoms. The van der Waals surface area contributed by atoms with E-state index in [1.807, 2.05) is 13.0 Å². The Kier molecular flexibility index (Phi) is 5.31. The molecule has 0 amide bonds. The Balaban J connectivity index is 2.34. The first kappa shape index (κ1) is 19.2. The van der Waals surface area contributed by atoms with Crippen molar-refractivity contribution in [3.05, 3.63) is 23.3 Å². The van der Waals surface area contributed by atoms with Gasteiger partial charge < -0.3 is 15.3 Å². The molecule has 0 aromatic rings. The fraction of sp³-hybridized carbons (Fsp3) is 0.750. The number of hydrogen-bond donors (Lipinski definition) is 3. The van der Waals surface area contributed by atoms with Crippen LogP contribution in [-0.4, -0.2) is 33.5 Å². The molecule has 136 valence electrons. The molecule has 0 bridgehead atoms. The van der Waals surface area contributed by atoms with Crippen molar-refractivity contribution in [3.63, 3.8) is 0 Å². The molecule has 1 saturated carbocycles. The van der Waals surface area contributed by atoms with Crippen molar-refractivity contribution in [3.8, 4) is 0 Å². The molecule has 2 rings (SSSR count). The largest absolute Gasteiger partial charge is 0.478 e. The van der Waals surface area contributed by atoms with Gasteiger partial charge in [0.05, 0.1) is 12.2 Å². The van der Waals surface area contributed by atoms with Gasteiger partial charge in [0.15, 0.2) is 0 Å². The quantitative estimate of drug-likeness (QED) is 0.542. The predicted molar refractivity (Wildman–Crippen MR) is 94.5 cm³/mol. The minimum atomic E-state index is -0.911. The highest BCUT2D eigenvalue weighted by Crippen LogP contribution is 2.61. The fourth-order valence-electron chi connectivity index (χ4n) is 5.14. The summed E-state index contributed by atoms with van der Waals surface area (Å²) in [5, 5.41) is 29.9. The Morgan fingerprint density at radius 1 is 1.38 bits per heavy atom. The minimum Gasteiger partial charge on any atom is -0.478 e. The highest BCUT2D eigenvalue weighted by molar-refractivity contribution is 5.80. The van der Waals surface area contributed by atoms with Gasteiger partial charge in [-0.1, -0.05) is 38.0 Å². The number of aliphatic hydroxyl groups is 2. The lowest BCUT2D eigenvalue weighted by atomic mass is 9.46. The molecule has 0 aromatic carbocycles. The number of aliphatic carboxylic acids is 1. The molecule has 2 aliphatic carbocycles. The van der Waals surface area contributed by atoms with E-state index in [1.165, 1.54) is 11.6 Å². The molecule has 0 saturated heterocycles. The first-order chi connectivity index (χ1) is 11.0. The van der Waals surface area contributed by atoms with Crippen LogP contribution in [0.5, 0.6) is 0 Å². The van der Waals surface area contributed by atoms with Gasteiger partial charge in [0.1, 0.15) is 0 Å². The number of aliphatic hydroxyl groups excluding tert-OH is 2. The van der Waals surface area contributed by atoms with Gasteiger partial charge in [0, 0.05) is 6.08 Å². The predicted octanol–water partition coefficient (Wildman–Crippen LogP) is 3.54. The van der Waals surface area contributed by atoms with Crippen molar-refractivity contribution in [1.82, 2.24) is 0 Å². The van der Waals surface area contributed by atoms with Gasteiger partial charge in [-0.15, -0.1) is 0 Å². The lowest BCUT2D eigenvalue weighted by Crippen LogP contribution is -2.56. The van der Waals surface area contributed by atoms with E-state index in [2.05, 4.69) is 27.7 Å². The smallest absolute Gasteiger partial charge is 0.328 e. The van der Waals surface area contributed by atoms with Crippen molar-refractivity contribution in [2.75, 3.05) is 0 Å². The SMILES string of the molecule is CC(=CC(=O)O)CCC1(C)C(C)C(O)CC2(C)C(C)=CC(O)CC21. The molecule has 6 unspecified atom stereocenters. The molecule has 0 aromatic heterocycles. The zero-order valence-corrected chi connectivity index (χ0v) is 15.5. The summed E-state index contributed by atoms with van der Waals surface area (Å²) in [6, 6.07) is 0. The Labute approximate surface area is 145 Å². The van der Waals surface area contributed by atoms with Crippen molar-refractivity contribution < 1.29 is 20.1 Å². The third kappa shape index (κ3) is 3.31. The average Bonchev–Trinajstić information content (AvgIpc) is 2.46. The van der Waals surface area contributed by atoms with E-state index in [0.717, 1.165) is 18.4 Å². The number of fused-ring (bicyclic) bond motifs is 1. The summed E-state index contributed by atoms with van der Waals surface area (Å²) >= 11 is 0. The molecular formula is C20H32O4. The van der Waals surface area contributed by atoms with E-state index in [0.29, 0.717) is 12.8 Å². The van der Waals surface area contributed by atoms with Crippen molar-refractivity contribution >= 4 is 5.97 Å². The fourth-order valence-corrected chi connectivity index (χ4v) is 5.14. The third-order valence-electron chi connectivity index (χ3n) is 7.06. The maximum absolute atomic E-state index is 10.9. The summed E-state index contributed by atoms with van der Waals surface area (Å²) in [6.07, 6.45) is 5.37. The van der Waals surface area contributed by atoms with E-state index in [-0.39, 0.29) is 28.8 Å². The minimum absolute atomic E-state index is 0.107. The Bertz CT molecular complexity index is 564. The van der Waals surface area contributed by atoms with E-state index in [9.17, 15) is 15.0 Å². The van der Waals surface area contributed by atoms with Crippen LogP contribution >= 0.6 is 0 Å². The number of allylic oxidation sites excluding steroid dienone is 2. The van der Waals surface area contributed by atoms with E-state index in [4.69, 9.17) is 5.11 Å². The van der Waals surface area contributed by atoms with Crippen LogP contribution in [-0.2, 0) is 4.79 Å². The van der Waals surface area contributed by atoms with Crippen molar-refractivity contribution in [2.24, 2.45) is 22.7 Å². The maximum atomic E-state index is 10.9. The summed E-state index contributed by atoms with van der Waals surface area (Å²) in [5.41, 5.74) is 1.77. The molecule has 24 heavy (non-hydrogen) atoms. The summed E-state index contributed by atoms with van der Waals surface area (Å²) < 4.78 is 0. The van der Waals surface area contributed by atoms with Crippen LogP contribution in [0.25, 0.3) is 0 Å². The standard InChI is InChI=1S/C20H32O4/c1-12(8-18(23)24)6-7-19(4)14(3)16(22)11-20(5)13(2)9-15(21)10-17(19)20/h8-9,14-17,21-22H,6-7,10-11H2,1-5H3,(H,23,24). The highest BCUT2D eigenvalue weighted by Gasteiger charge is 2.57. The van der Waals surface area contributed by atoms with Gasteiger partial charge in [-0.3, -0.25) is 0 Å². The molecule has 2 aliphatic rings. The number of rotatable bonds is 4. The van der Waals surface area contributed by atoms with Gasteiger partial charge in [-0.25, -0.2) is 4.79 Å². The van der Waals surface area contributed by atoms with Gasteiger partial charge in [-0.2, -0.15) is 0 Å². The summed E-state index contributed by atoms with van der Waals surface area (Å²) in [6.45, 7) is 10.4. The van der Waals surface area contributed by atoms with E-state index < -0.39 is 12.1 Å². The first-order valence-electron chi connectivity index (χ1n) is 8.96. The average molecular weight is 336 g/mol. The molecule has 0 aliphatic heterocycles. The van der Waals surface area contributed by atoms with E-state index in [1.54, 1.807) is 0 Å². The highest BCUT2D eigenvalue weighted by atomic mass is 16.4.